The first kappa shape index (κ1) is 27.5. The van der Waals surface area contributed by atoms with Crippen LogP contribution in [-0.2, 0) is 37.9 Å². The fraction of sp³-hybridized carbons (Fsp3) is 0.407. The lowest BCUT2D eigenvalue weighted by Crippen LogP contribution is -2.43. The lowest BCUT2D eigenvalue weighted by Gasteiger charge is -2.35. The van der Waals surface area contributed by atoms with Gasteiger partial charge in [-0.25, -0.2) is 12.8 Å². The molecule has 0 aliphatic carbocycles. The van der Waals surface area contributed by atoms with Gasteiger partial charge in [-0.15, -0.1) is 0 Å². The average Bonchev–Trinajstić information content (AvgIpc) is 3.25. The van der Waals surface area contributed by atoms with Gasteiger partial charge in [-0.3, -0.25) is 4.79 Å². The molecule has 5 rings (SSSR count). The van der Waals surface area contributed by atoms with Gasteiger partial charge >= 0.3 is 0 Å². The van der Waals surface area contributed by atoms with Crippen LogP contribution in [0.1, 0.15) is 50.3 Å². The van der Waals surface area contributed by atoms with Crippen LogP contribution in [0.5, 0.6) is 0 Å². The summed E-state index contributed by atoms with van der Waals surface area (Å²) in [6.45, 7) is 5.76. The van der Waals surface area contributed by atoms with Crippen molar-refractivity contribution in [2.45, 2.75) is 57.6 Å². The van der Waals surface area contributed by atoms with Crippen molar-refractivity contribution < 1.29 is 31.1 Å². The third-order valence-corrected chi connectivity index (χ3v) is 10.6. The van der Waals surface area contributed by atoms with E-state index >= 15 is 0 Å². The van der Waals surface area contributed by atoms with Crippen LogP contribution in [0.25, 0.3) is 0 Å². The maximum atomic E-state index is 13.8. The topological polar surface area (TPSA) is 124 Å². The van der Waals surface area contributed by atoms with E-state index in [0.29, 0.717) is 18.4 Å². The molecule has 39 heavy (non-hydrogen) atoms. The molecule has 0 unspecified atom stereocenters. The van der Waals surface area contributed by atoms with Crippen LogP contribution in [-0.4, -0.2) is 61.1 Å². The monoisotopic (exact) mass is 575 g/mol. The molecular weight excluding hydrogens is 545 g/mol. The third kappa shape index (κ3) is 4.89. The molecule has 208 valence electrons. The van der Waals surface area contributed by atoms with Crippen molar-refractivity contribution in [3.05, 3.63) is 76.3 Å². The first-order valence-corrected chi connectivity index (χ1v) is 15.7. The predicted octanol–water partition coefficient (Wildman–Crippen LogP) is 3.51. The highest BCUT2D eigenvalue weighted by Gasteiger charge is 2.49. The van der Waals surface area contributed by atoms with Crippen LogP contribution in [0.3, 0.4) is 0 Å². The van der Waals surface area contributed by atoms with E-state index in [-0.39, 0.29) is 58.5 Å². The molecule has 0 bridgehead atoms. The quantitative estimate of drug-likeness (QED) is 0.582. The summed E-state index contributed by atoms with van der Waals surface area (Å²) in [5, 5.41) is 11.4. The molecule has 1 N–H and O–H groups in total. The zero-order valence-corrected chi connectivity index (χ0v) is 23.5. The van der Waals surface area contributed by atoms with E-state index in [9.17, 15) is 31.1 Å². The van der Waals surface area contributed by atoms with Crippen molar-refractivity contribution >= 4 is 31.7 Å². The Labute approximate surface area is 227 Å². The highest BCUT2D eigenvalue weighted by atomic mass is 32.2. The van der Waals surface area contributed by atoms with Crippen LogP contribution < -0.4 is 0 Å². The fourth-order valence-corrected chi connectivity index (χ4v) is 8.51. The summed E-state index contributed by atoms with van der Waals surface area (Å²) in [5.41, 5.74) is 0.0477. The van der Waals surface area contributed by atoms with Crippen LogP contribution in [0.2, 0.25) is 0 Å². The molecule has 9 nitrogen and oxygen atoms in total. The standard InChI is InChI=1S/C27H30FN3O6S2/c1-27(2,3)25-23(32)21(26(33)31(25)15-17-9-11-19(28)12-10-17)22-20-8-6-7-18(24(20)39(36,37)29-22)16-30-13-4-5-14-38(30,34)35/h6-12,25,32H,4-5,13-16H2,1-3H3/t25-/m1/s1. The number of hydrogen-bond acceptors (Lipinski definition) is 6. The molecule has 3 aliphatic heterocycles. The second-order valence-electron chi connectivity index (χ2n) is 11.2. The molecule has 2 aromatic carbocycles. The highest BCUT2D eigenvalue weighted by Crippen LogP contribution is 2.41. The Hall–Kier alpha value is -3.09. The summed E-state index contributed by atoms with van der Waals surface area (Å²) < 4.78 is 70.5. The van der Waals surface area contributed by atoms with Gasteiger partial charge in [0.15, 0.2) is 0 Å². The average molecular weight is 576 g/mol. The number of amides is 1. The van der Waals surface area contributed by atoms with E-state index in [2.05, 4.69) is 4.40 Å². The largest absolute Gasteiger partial charge is 0.509 e. The summed E-state index contributed by atoms with van der Waals surface area (Å²) in [4.78, 5) is 15.1. The molecule has 3 aliphatic rings. The molecule has 0 spiro atoms. The van der Waals surface area contributed by atoms with Crippen LogP contribution in [0.4, 0.5) is 4.39 Å². The van der Waals surface area contributed by atoms with E-state index in [1.165, 1.54) is 27.4 Å². The number of carbonyl (C=O) groups excluding carboxylic acids is 1. The minimum absolute atomic E-state index is 0.00384. The highest BCUT2D eigenvalue weighted by molar-refractivity contribution is 7.91. The number of halogens is 1. The molecule has 0 aromatic heterocycles. The van der Waals surface area contributed by atoms with Crippen LogP contribution >= 0.6 is 0 Å². The van der Waals surface area contributed by atoms with Crippen molar-refractivity contribution in [3.8, 4) is 0 Å². The zero-order valence-electron chi connectivity index (χ0n) is 21.9. The van der Waals surface area contributed by atoms with Gasteiger partial charge in [0.25, 0.3) is 15.9 Å². The number of sulfonamides is 2. The predicted molar refractivity (Wildman–Crippen MR) is 143 cm³/mol. The van der Waals surface area contributed by atoms with E-state index < -0.39 is 43.2 Å². The minimum atomic E-state index is -4.28. The molecule has 1 atom stereocenters. The summed E-state index contributed by atoms with van der Waals surface area (Å²) >= 11 is 0. The number of hydrogen-bond donors (Lipinski definition) is 1. The number of carbonyl (C=O) groups is 1. The Kier molecular flexibility index (Phi) is 6.71. The lowest BCUT2D eigenvalue weighted by atomic mass is 9.84. The number of rotatable bonds is 5. The summed E-state index contributed by atoms with van der Waals surface area (Å²) in [6.07, 6.45) is 1.23. The lowest BCUT2D eigenvalue weighted by molar-refractivity contribution is -0.129. The minimum Gasteiger partial charge on any atom is -0.509 e. The third-order valence-electron chi connectivity index (χ3n) is 7.25. The first-order chi connectivity index (χ1) is 18.2. The summed E-state index contributed by atoms with van der Waals surface area (Å²) in [5.74, 6) is -1.30. The van der Waals surface area contributed by atoms with E-state index in [1.807, 2.05) is 20.8 Å². The van der Waals surface area contributed by atoms with Gasteiger partial charge in [0.2, 0.25) is 10.0 Å². The van der Waals surface area contributed by atoms with Gasteiger partial charge in [0.1, 0.15) is 27.8 Å². The number of fused-ring (bicyclic) bond motifs is 1. The van der Waals surface area contributed by atoms with Crippen LogP contribution in [0.15, 0.2) is 63.1 Å². The normalized spacial score (nSPS) is 22.8. The number of nitrogens with zero attached hydrogens (tertiary/aromatic N) is 3. The first-order valence-electron chi connectivity index (χ1n) is 12.6. The van der Waals surface area contributed by atoms with Crippen molar-refractivity contribution in [3.63, 3.8) is 0 Å². The van der Waals surface area contributed by atoms with Gasteiger partial charge in [0, 0.05) is 25.2 Å². The number of benzene rings is 2. The second-order valence-corrected chi connectivity index (χ2v) is 14.8. The Balaban J connectivity index is 1.57. The Bertz CT molecular complexity index is 1620. The maximum Gasteiger partial charge on any atom is 0.283 e. The van der Waals surface area contributed by atoms with Crippen LogP contribution in [0, 0.1) is 11.2 Å². The van der Waals surface area contributed by atoms with Gasteiger partial charge in [-0.05, 0) is 41.5 Å². The molecule has 0 saturated carbocycles. The van der Waals surface area contributed by atoms with E-state index in [0.717, 1.165) is 0 Å². The maximum absolute atomic E-state index is 13.8. The Morgan fingerprint density at radius 3 is 2.36 bits per heavy atom. The second kappa shape index (κ2) is 9.53. The molecule has 1 fully saturated rings. The van der Waals surface area contributed by atoms with Crippen molar-refractivity contribution in [1.29, 1.82) is 0 Å². The van der Waals surface area contributed by atoms with Gasteiger partial charge < -0.3 is 10.0 Å². The van der Waals surface area contributed by atoms with Gasteiger partial charge in [0.05, 0.1) is 11.8 Å². The van der Waals surface area contributed by atoms with Crippen molar-refractivity contribution in [1.82, 2.24) is 9.21 Å². The SMILES string of the molecule is CC(C)(C)[C@H]1C(O)=C(C2=NS(=O)(=O)c3c(CN4CCCCS4(=O)=O)cccc32)C(=O)N1Cc1ccc(F)cc1. The Morgan fingerprint density at radius 2 is 1.72 bits per heavy atom. The van der Waals surface area contributed by atoms with Gasteiger partial charge in [-0.1, -0.05) is 51.1 Å². The summed E-state index contributed by atoms with van der Waals surface area (Å²) in [7, 11) is -7.80. The smallest absolute Gasteiger partial charge is 0.283 e. The number of aliphatic hydroxyl groups is 1. The molecule has 3 heterocycles. The number of aliphatic hydroxyl groups excluding tert-OH is 1. The molecule has 0 radical (unpaired) electrons. The zero-order chi connectivity index (χ0) is 28.3. The summed E-state index contributed by atoms with van der Waals surface area (Å²) in [6, 6.07) is 9.51. The van der Waals surface area contributed by atoms with Crippen molar-refractivity contribution in [2.75, 3.05) is 12.3 Å². The molecular formula is C27H30FN3O6S2. The molecule has 12 heteroatoms. The van der Waals surface area contributed by atoms with E-state index in [1.54, 1.807) is 24.3 Å². The van der Waals surface area contributed by atoms with Crippen molar-refractivity contribution in [2.24, 2.45) is 9.81 Å². The molecule has 1 saturated heterocycles. The molecule has 2 aromatic rings. The van der Waals surface area contributed by atoms with Gasteiger partial charge in [-0.2, -0.15) is 17.1 Å². The fourth-order valence-electron chi connectivity index (χ4n) is 5.51. The van der Waals surface area contributed by atoms with E-state index in [4.69, 9.17) is 0 Å². The molecule has 1 amide bonds. The Morgan fingerprint density at radius 1 is 1.03 bits per heavy atom.